The number of benzene rings is 2. The first-order valence-corrected chi connectivity index (χ1v) is 9.30. The van der Waals surface area contributed by atoms with Gasteiger partial charge in [-0.2, -0.15) is 4.68 Å². The summed E-state index contributed by atoms with van der Waals surface area (Å²) >= 11 is 0. The van der Waals surface area contributed by atoms with Gasteiger partial charge in [0.25, 0.3) is 11.8 Å². The molecule has 1 saturated heterocycles. The van der Waals surface area contributed by atoms with Gasteiger partial charge in [0.2, 0.25) is 0 Å². The van der Waals surface area contributed by atoms with Crippen LogP contribution in [0.1, 0.15) is 30.0 Å². The monoisotopic (exact) mass is 423 g/mol. The molecule has 0 saturated carbocycles. The molecule has 1 aliphatic heterocycles. The van der Waals surface area contributed by atoms with Gasteiger partial charge in [-0.25, -0.2) is 14.1 Å². The number of rotatable bonds is 4. The van der Waals surface area contributed by atoms with Crippen molar-refractivity contribution in [3.8, 4) is 5.69 Å². The number of aryl methyl sites for hydroxylation is 1. The van der Waals surface area contributed by atoms with E-state index < -0.39 is 29.2 Å². The maximum absolute atomic E-state index is 14.6. The van der Waals surface area contributed by atoms with Crippen LogP contribution in [0.4, 0.5) is 20.6 Å². The number of hydrogen-bond acceptors (Lipinski definition) is 6. The van der Waals surface area contributed by atoms with Crippen LogP contribution in [-0.4, -0.2) is 43.6 Å². The number of nitrogens with one attached hydrogen (secondary N) is 2. The summed E-state index contributed by atoms with van der Waals surface area (Å²) in [7, 11) is 0. The van der Waals surface area contributed by atoms with E-state index in [9.17, 15) is 18.8 Å². The highest BCUT2D eigenvalue weighted by Crippen LogP contribution is 2.27. The van der Waals surface area contributed by atoms with Gasteiger partial charge in [0.15, 0.2) is 5.82 Å². The van der Waals surface area contributed by atoms with Gasteiger partial charge in [-0.05, 0) is 61.5 Å². The standard InChI is InChI=1S/C20H18FN7O3/c1-11-24-25-26-28(11)14-7-8-15(16(21)10-14)17(29)22-12-5-4-6-13(9-12)27-18(30)20(2,3)23-19(27)31/h4-10H,1-3H3,(H,22,29)(H,23,31). The lowest BCUT2D eigenvalue weighted by atomic mass is 10.1. The third kappa shape index (κ3) is 3.61. The number of urea groups is 1. The Morgan fingerprint density at radius 3 is 2.52 bits per heavy atom. The van der Waals surface area contributed by atoms with Crippen molar-refractivity contribution in [1.82, 2.24) is 25.5 Å². The lowest BCUT2D eigenvalue weighted by molar-refractivity contribution is -0.121. The number of tetrazole rings is 1. The summed E-state index contributed by atoms with van der Waals surface area (Å²) in [6, 6.07) is 9.63. The molecule has 0 radical (unpaired) electrons. The molecular formula is C20H18FN7O3. The molecule has 0 atom stereocenters. The van der Waals surface area contributed by atoms with Crippen molar-refractivity contribution in [1.29, 1.82) is 0 Å². The van der Waals surface area contributed by atoms with Crippen molar-refractivity contribution in [3.05, 3.63) is 59.7 Å². The second-order valence-corrected chi connectivity index (χ2v) is 7.50. The SMILES string of the molecule is Cc1nnnn1-c1ccc(C(=O)Nc2cccc(N3C(=O)NC(C)(C)C3=O)c2)c(F)c1. The number of nitrogens with zero attached hydrogens (tertiary/aromatic N) is 5. The Labute approximate surface area is 176 Å². The van der Waals surface area contributed by atoms with Gasteiger partial charge < -0.3 is 10.6 Å². The predicted molar refractivity (Wildman–Crippen MR) is 108 cm³/mol. The highest BCUT2D eigenvalue weighted by atomic mass is 19.1. The van der Waals surface area contributed by atoms with Crippen LogP contribution in [0.25, 0.3) is 5.69 Å². The van der Waals surface area contributed by atoms with Crippen molar-refractivity contribution >= 4 is 29.2 Å². The highest BCUT2D eigenvalue weighted by Gasteiger charge is 2.45. The Morgan fingerprint density at radius 1 is 1.13 bits per heavy atom. The maximum Gasteiger partial charge on any atom is 0.329 e. The van der Waals surface area contributed by atoms with Gasteiger partial charge in [-0.3, -0.25) is 9.59 Å². The highest BCUT2D eigenvalue weighted by molar-refractivity contribution is 6.23. The zero-order valence-corrected chi connectivity index (χ0v) is 16.9. The number of aromatic nitrogens is 4. The predicted octanol–water partition coefficient (Wildman–Crippen LogP) is 2.20. The first-order valence-electron chi connectivity index (χ1n) is 9.30. The Balaban J connectivity index is 1.56. The molecule has 3 aromatic rings. The Hall–Kier alpha value is -4.15. The molecule has 10 nitrogen and oxygen atoms in total. The van der Waals surface area contributed by atoms with Crippen molar-refractivity contribution in [2.24, 2.45) is 0 Å². The molecule has 2 aromatic carbocycles. The minimum atomic E-state index is -1.03. The zero-order valence-electron chi connectivity index (χ0n) is 16.9. The summed E-state index contributed by atoms with van der Waals surface area (Å²) in [5, 5.41) is 16.2. The van der Waals surface area contributed by atoms with Crippen LogP contribution in [0.5, 0.6) is 0 Å². The van der Waals surface area contributed by atoms with Gasteiger partial charge in [-0.1, -0.05) is 6.07 Å². The fourth-order valence-electron chi connectivity index (χ4n) is 3.19. The van der Waals surface area contributed by atoms with Crippen molar-refractivity contribution in [2.45, 2.75) is 26.3 Å². The normalized spacial score (nSPS) is 15.2. The van der Waals surface area contributed by atoms with E-state index in [-0.39, 0.29) is 11.3 Å². The number of amides is 4. The molecule has 0 aliphatic carbocycles. The summed E-state index contributed by atoms with van der Waals surface area (Å²) in [5.41, 5.74) is -0.252. The van der Waals surface area contributed by atoms with Crippen LogP contribution < -0.4 is 15.5 Å². The van der Waals surface area contributed by atoms with Crippen molar-refractivity contribution in [2.75, 3.05) is 10.2 Å². The van der Waals surface area contributed by atoms with Gasteiger partial charge in [-0.15, -0.1) is 5.10 Å². The Kier molecular flexibility index (Phi) is 4.72. The molecule has 2 N–H and O–H groups in total. The molecule has 11 heteroatoms. The third-order valence-electron chi connectivity index (χ3n) is 4.79. The first kappa shape index (κ1) is 20.1. The molecule has 4 rings (SSSR count). The lowest BCUT2D eigenvalue weighted by Gasteiger charge is -2.17. The van der Waals surface area contributed by atoms with Crippen LogP contribution in [0.3, 0.4) is 0 Å². The number of halogens is 1. The number of carbonyl (C=O) groups excluding carboxylic acids is 3. The molecule has 4 amide bonds. The summed E-state index contributed by atoms with van der Waals surface area (Å²) in [6.07, 6.45) is 0. The lowest BCUT2D eigenvalue weighted by Crippen LogP contribution is -2.40. The van der Waals surface area contributed by atoms with Crippen molar-refractivity contribution in [3.63, 3.8) is 0 Å². The second kappa shape index (κ2) is 7.27. The molecule has 31 heavy (non-hydrogen) atoms. The van der Waals surface area contributed by atoms with E-state index >= 15 is 0 Å². The zero-order chi connectivity index (χ0) is 22.3. The third-order valence-corrected chi connectivity index (χ3v) is 4.79. The van der Waals surface area contributed by atoms with E-state index in [0.717, 1.165) is 11.0 Å². The average Bonchev–Trinajstić information content (AvgIpc) is 3.21. The molecule has 158 valence electrons. The first-order chi connectivity index (χ1) is 14.7. The molecule has 0 spiro atoms. The van der Waals surface area contributed by atoms with Gasteiger partial charge >= 0.3 is 6.03 Å². The van der Waals surface area contributed by atoms with E-state index in [0.29, 0.717) is 17.2 Å². The van der Waals surface area contributed by atoms with E-state index in [1.807, 2.05) is 0 Å². The molecule has 1 aromatic heterocycles. The minimum Gasteiger partial charge on any atom is -0.323 e. The molecule has 2 heterocycles. The van der Waals surface area contributed by atoms with Crippen LogP contribution in [-0.2, 0) is 4.79 Å². The minimum absolute atomic E-state index is 0.184. The molecular weight excluding hydrogens is 405 g/mol. The largest absolute Gasteiger partial charge is 0.329 e. The average molecular weight is 423 g/mol. The van der Waals surface area contributed by atoms with E-state index in [1.165, 1.54) is 22.9 Å². The number of anilines is 2. The molecule has 1 fully saturated rings. The summed E-state index contributed by atoms with van der Waals surface area (Å²) in [6.45, 7) is 4.86. The second-order valence-electron chi connectivity index (χ2n) is 7.50. The van der Waals surface area contributed by atoms with E-state index in [1.54, 1.807) is 39.0 Å². The van der Waals surface area contributed by atoms with Crippen LogP contribution in [0.2, 0.25) is 0 Å². The van der Waals surface area contributed by atoms with Gasteiger partial charge in [0.1, 0.15) is 11.4 Å². The maximum atomic E-state index is 14.6. The summed E-state index contributed by atoms with van der Waals surface area (Å²) in [5.74, 6) is -1.39. The van der Waals surface area contributed by atoms with Crippen LogP contribution >= 0.6 is 0 Å². The smallest absolute Gasteiger partial charge is 0.323 e. The van der Waals surface area contributed by atoms with Gasteiger partial charge in [0, 0.05) is 11.8 Å². The molecule has 1 aliphatic rings. The Bertz CT molecular complexity index is 1220. The van der Waals surface area contributed by atoms with E-state index in [2.05, 4.69) is 26.2 Å². The van der Waals surface area contributed by atoms with Crippen molar-refractivity contribution < 1.29 is 18.8 Å². The van der Waals surface area contributed by atoms with Crippen LogP contribution in [0, 0.1) is 12.7 Å². The number of carbonyl (C=O) groups is 3. The summed E-state index contributed by atoms with van der Waals surface area (Å²) < 4.78 is 15.9. The molecule has 0 unspecified atom stereocenters. The van der Waals surface area contributed by atoms with Gasteiger partial charge in [0.05, 0.1) is 16.9 Å². The molecule has 0 bridgehead atoms. The number of imide groups is 1. The fourth-order valence-corrected chi connectivity index (χ4v) is 3.19. The van der Waals surface area contributed by atoms with E-state index in [4.69, 9.17) is 0 Å². The van der Waals surface area contributed by atoms with Crippen LogP contribution in [0.15, 0.2) is 42.5 Å². The number of hydrogen-bond donors (Lipinski definition) is 2. The fraction of sp³-hybridized carbons (Fsp3) is 0.200. The quantitative estimate of drug-likeness (QED) is 0.621. The Morgan fingerprint density at radius 2 is 1.90 bits per heavy atom. The summed E-state index contributed by atoms with van der Waals surface area (Å²) in [4.78, 5) is 38.3. The topological polar surface area (TPSA) is 122 Å².